The molecule has 0 spiro atoms. The van der Waals surface area contributed by atoms with Crippen LogP contribution in [0.25, 0.3) is 0 Å². The molecule has 0 amide bonds. The first kappa shape index (κ1) is 8.45. The predicted octanol–water partition coefficient (Wildman–Crippen LogP) is -0.769. The van der Waals surface area contributed by atoms with E-state index in [0.717, 1.165) is 0 Å². The van der Waals surface area contributed by atoms with Crippen molar-refractivity contribution in [3.05, 3.63) is 5.21 Å². The second-order valence-electron chi connectivity index (χ2n) is 2.72. The number of carboxylic acids is 1. The zero-order valence-electron chi connectivity index (χ0n) is 6.28. The fourth-order valence-electron chi connectivity index (χ4n) is 1.11. The molecule has 0 aromatic heterocycles. The van der Waals surface area contributed by atoms with Crippen molar-refractivity contribution in [2.75, 3.05) is 13.1 Å². The Labute approximate surface area is 64.6 Å². The molecule has 0 aromatic carbocycles. The Morgan fingerprint density at radius 1 is 1.73 bits per heavy atom. The van der Waals surface area contributed by atoms with E-state index in [2.05, 4.69) is 5.32 Å². The van der Waals surface area contributed by atoms with E-state index in [1.807, 2.05) is 0 Å². The fraction of sp³-hybridized carbons (Fsp3) is 0.833. The smallest absolute Gasteiger partial charge is 0.321 e. The summed E-state index contributed by atoms with van der Waals surface area (Å²) in [7, 11) is 0. The average Bonchev–Trinajstić information content (AvgIpc) is 1.94. The minimum Gasteiger partial charge on any atom is -0.784 e. The van der Waals surface area contributed by atoms with Crippen molar-refractivity contribution in [2.24, 2.45) is 0 Å². The first-order valence-corrected chi connectivity index (χ1v) is 3.52. The van der Waals surface area contributed by atoms with Gasteiger partial charge in [-0.15, -0.1) is 0 Å². The van der Waals surface area contributed by atoms with Crippen molar-refractivity contribution in [3.8, 4) is 0 Å². The molecule has 5 heteroatoms. The van der Waals surface area contributed by atoms with Gasteiger partial charge in [0.05, 0.1) is 0 Å². The van der Waals surface area contributed by atoms with Gasteiger partial charge >= 0.3 is 5.97 Å². The first-order chi connectivity index (χ1) is 5.13. The summed E-state index contributed by atoms with van der Waals surface area (Å²) in [6, 6.07) is -1.16. The minimum absolute atomic E-state index is 0.239. The number of piperazine rings is 1. The van der Waals surface area contributed by atoms with Gasteiger partial charge < -0.3 is 20.7 Å². The van der Waals surface area contributed by atoms with E-state index in [1.165, 1.54) is 0 Å². The van der Waals surface area contributed by atoms with Crippen LogP contribution < -0.4 is 5.32 Å². The highest BCUT2D eigenvalue weighted by Crippen LogP contribution is 2.07. The van der Waals surface area contributed by atoms with Gasteiger partial charge in [-0.3, -0.25) is 4.79 Å². The van der Waals surface area contributed by atoms with E-state index in [-0.39, 0.29) is 12.6 Å². The number of hydrogen-bond donors (Lipinski definition) is 2. The van der Waals surface area contributed by atoms with Crippen molar-refractivity contribution in [3.63, 3.8) is 0 Å². The van der Waals surface area contributed by atoms with E-state index in [1.54, 1.807) is 6.92 Å². The van der Waals surface area contributed by atoms with Crippen LogP contribution in [-0.4, -0.2) is 41.3 Å². The van der Waals surface area contributed by atoms with Crippen LogP contribution in [0.3, 0.4) is 0 Å². The Balaban J connectivity index is 2.58. The quantitative estimate of drug-likeness (QED) is 0.525. The summed E-state index contributed by atoms with van der Waals surface area (Å²) in [5.74, 6) is -1.06. The lowest BCUT2D eigenvalue weighted by atomic mass is 10.1. The average molecular weight is 159 g/mol. The van der Waals surface area contributed by atoms with Crippen molar-refractivity contribution in [2.45, 2.75) is 19.0 Å². The van der Waals surface area contributed by atoms with Crippen LogP contribution in [-0.2, 0) is 4.79 Å². The Hall–Kier alpha value is -0.650. The Bertz CT molecular complexity index is 162. The third-order valence-electron chi connectivity index (χ3n) is 1.80. The number of rotatable bonds is 1. The van der Waals surface area contributed by atoms with E-state index in [9.17, 15) is 10.0 Å². The lowest BCUT2D eigenvalue weighted by Gasteiger charge is -2.43. The summed E-state index contributed by atoms with van der Waals surface area (Å²) < 4.78 is 0. The van der Waals surface area contributed by atoms with Gasteiger partial charge in [0.25, 0.3) is 0 Å². The maximum atomic E-state index is 11.1. The Morgan fingerprint density at radius 3 is 2.82 bits per heavy atom. The molecule has 2 N–H and O–H groups in total. The van der Waals surface area contributed by atoms with Crippen molar-refractivity contribution >= 4 is 5.97 Å². The van der Waals surface area contributed by atoms with Gasteiger partial charge in [-0.1, -0.05) is 0 Å². The summed E-state index contributed by atoms with van der Waals surface area (Å²) in [6.07, 6.45) is 0. The van der Waals surface area contributed by atoms with E-state index in [0.29, 0.717) is 11.6 Å². The second kappa shape index (κ2) is 3.17. The Morgan fingerprint density at radius 2 is 2.36 bits per heavy atom. The van der Waals surface area contributed by atoms with E-state index in [4.69, 9.17) is 5.11 Å². The summed E-state index contributed by atoms with van der Waals surface area (Å²) in [5.41, 5.74) is 0. The molecule has 0 saturated carbocycles. The summed E-state index contributed by atoms with van der Waals surface area (Å²) >= 11 is 0. The van der Waals surface area contributed by atoms with Crippen molar-refractivity contribution in [1.82, 2.24) is 10.4 Å². The van der Waals surface area contributed by atoms with Crippen LogP contribution in [0.2, 0.25) is 0 Å². The molecule has 64 valence electrons. The first-order valence-electron chi connectivity index (χ1n) is 3.52. The van der Waals surface area contributed by atoms with Crippen LogP contribution in [0.15, 0.2) is 0 Å². The van der Waals surface area contributed by atoms with Crippen LogP contribution in [0.1, 0.15) is 6.92 Å². The third kappa shape index (κ3) is 1.68. The lowest BCUT2D eigenvalue weighted by molar-refractivity contribution is -0.143. The largest absolute Gasteiger partial charge is 0.784 e. The summed E-state index contributed by atoms with van der Waals surface area (Å²) in [5, 5.41) is 23.1. The van der Waals surface area contributed by atoms with Gasteiger partial charge in [0, 0.05) is 19.1 Å². The molecule has 0 aromatic rings. The standard InChI is InChI=1S/C6H11N2O3/c1-4-2-7-3-5(6(9)10)8(4)11/h4-5,7H,2-3H2,1H3,(H,9,10)/q-1. The molecule has 5 nitrogen and oxygen atoms in total. The SMILES string of the molecule is CC1CNCC(C(=O)O)N1[O-]. The monoisotopic (exact) mass is 159 g/mol. The van der Waals surface area contributed by atoms with Gasteiger partial charge in [-0.05, 0) is 6.92 Å². The van der Waals surface area contributed by atoms with Crippen molar-refractivity contribution < 1.29 is 9.90 Å². The van der Waals surface area contributed by atoms with Crippen LogP contribution >= 0.6 is 0 Å². The molecule has 0 radical (unpaired) electrons. The molecule has 1 aliphatic heterocycles. The lowest BCUT2D eigenvalue weighted by Crippen LogP contribution is -2.56. The molecular weight excluding hydrogens is 148 g/mol. The van der Waals surface area contributed by atoms with Crippen molar-refractivity contribution in [1.29, 1.82) is 0 Å². The number of nitrogens with zero attached hydrogens (tertiary/aromatic N) is 1. The molecule has 0 aliphatic carbocycles. The van der Waals surface area contributed by atoms with Gasteiger partial charge in [0.15, 0.2) is 0 Å². The fourth-order valence-corrected chi connectivity index (χ4v) is 1.11. The molecule has 1 heterocycles. The molecule has 0 bridgehead atoms. The number of nitrogens with one attached hydrogen (secondary N) is 1. The van der Waals surface area contributed by atoms with E-state index >= 15 is 0 Å². The number of aliphatic carboxylic acids is 1. The van der Waals surface area contributed by atoms with Gasteiger partial charge in [-0.25, -0.2) is 0 Å². The molecule has 2 unspecified atom stereocenters. The molecule has 1 rings (SSSR count). The predicted molar refractivity (Wildman–Crippen MR) is 39.0 cm³/mol. The zero-order valence-corrected chi connectivity index (χ0v) is 6.28. The van der Waals surface area contributed by atoms with Crippen LogP contribution in [0.4, 0.5) is 0 Å². The number of hydroxylamine groups is 2. The highest BCUT2D eigenvalue weighted by Gasteiger charge is 2.25. The maximum absolute atomic E-state index is 11.1. The highest BCUT2D eigenvalue weighted by molar-refractivity contribution is 5.74. The summed E-state index contributed by atoms with van der Waals surface area (Å²) in [6.45, 7) is 2.51. The zero-order chi connectivity index (χ0) is 8.43. The van der Waals surface area contributed by atoms with Crippen LogP contribution in [0, 0.1) is 5.21 Å². The third-order valence-corrected chi connectivity index (χ3v) is 1.80. The molecule has 2 atom stereocenters. The molecule has 1 fully saturated rings. The normalized spacial score (nSPS) is 33.6. The Kier molecular flexibility index (Phi) is 2.43. The number of carbonyl (C=O) groups is 1. The second-order valence-corrected chi connectivity index (χ2v) is 2.72. The number of hydrogen-bond acceptors (Lipinski definition) is 4. The van der Waals surface area contributed by atoms with Gasteiger partial charge in [-0.2, -0.15) is 0 Å². The highest BCUT2D eigenvalue weighted by atomic mass is 16.5. The van der Waals surface area contributed by atoms with Gasteiger partial charge in [0.2, 0.25) is 0 Å². The summed E-state index contributed by atoms with van der Waals surface area (Å²) in [4.78, 5) is 10.4. The van der Waals surface area contributed by atoms with E-state index < -0.39 is 12.0 Å². The van der Waals surface area contributed by atoms with Crippen LogP contribution in [0.5, 0.6) is 0 Å². The minimum atomic E-state index is -1.06. The molecule has 1 saturated heterocycles. The molecule has 11 heavy (non-hydrogen) atoms. The molecular formula is C6H11N2O3-. The maximum Gasteiger partial charge on any atom is 0.321 e. The topological polar surface area (TPSA) is 75.6 Å². The number of carboxylic acid groups (broad SMARTS) is 1. The van der Waals surface area contributed by atoms with Gasteiger partial charge in [0.1, 0.15) is 6.04 Å². The molecule has 1 aliphatic rings.